The van der Waals surface area contributed by atoms with E-state index in [1.54, 1.807) is 0 Å². The van der Waals surface area contributed by atoms with Crippen LogP contribution in [-0.4, -0.2) is 9.97 Å². The number of allylic oxidation sites excluding steroid dienone is 4. The molecule has 0 bridgehead atoms. The molecule has 0 amide bonds. The third-order valence-corrected chi connectivity index (χ3v) is 7.84. The summed E-state index contributed by atoms with van der Waals surface area (Å²) < 4.78 is 0. The second kappa shape index (κ2) is 12.6. The van der Waals surface area contributed by atoms with Crippen molar-refractivity contribution in [3.63, 3.8) is 0 Å². The van der Waals surface area contributed by atoms with Gasteiger partial charge in [0.15, 0.2) is 0 Å². The van der Waals surface area contributed by atoms with Crippen LogP contribution in [0.1, 0.15) is 111 Å². The molecule has 3 heterocycles. The molecule has 232 valence electrons. The summed E-state index contributed by atoms with van der Waals surface area (Å²) in [4.78, 5) is 9.76. The minimum absolute atomic E-state index is 0. The van der Waals surface area contributed by atoms with Gasteiger partial charge in [-0.25, -0.2) is 10.7 Å². The maximum absolute atomic E-state index is 10.7. The normalized spacial score (nSPS) is 15.3. The fourth-order valence-electron chi connectivity index (χ4n) is 4.82. The zero-order valence-electron chi connectivity index (χ0n) is 28.4. The summed E-state index contributed by atoms with van der Waals surface area (Å²) in [5, 5.41) is 15.7. The van der Waals surface area contributed by atoms with Crippen molar-refractivity contribution in [3.05, 3.63) is 111 Å². The van der Waals surface area contributed by atoms with Crippen molar-refractivity contribution in [3.8, 4) is 17.5 Å². The molecule has 1 aromatic carbocycles. The number of nitrogens with zero attached hydrogens (tertiary/aromatic N) is 4. The van der Waals surface area contributed by atoms with E-state index in [-0.39, 0.29) is 42.7 Å². The Hall–Kier alpha value is -3.28. The molecule has 5 heteroatoms. The summed E-state index contributed by atoms with van der Waals surface area (Å²) in [5.41, 5.74) is 9.14. The van der Waals surface area contributed by atoms with Gasteiger partial charge in [-0.3, -0.25) is 4.98 Å². The Labute approximate surface area is 280 Å². The third-order valence-electron chi connectivity index (χ3n) is 7.84. The number of hydrogen-bond acceptors (Lipinski definition) is 3. The molecular weight excluding hydrogens is 720 g/mol. The van der Waals surface area contributed by atoms with Gasteiger partial charge in [-0.15, -0.1) is 41.6 Å². The Morgan fingerprint density at radius 3 is 1.89 bits per heavy atom. The first-order valence-electron chi connectivity index (χ1n) is 15.1. The predicted octanol–water partition coefficient (Wildman–Crippen LogP) is 10.5. The maximum atomic E-state index is 10.7. The topological polar surface area (TPSA) is 63.7 Å². The van der Waals surface area contributed by atoms with Crippen LogP contribution in [0.25, 0.3) is 28.0 Å². The molecule has 4 rings (SSSR count). The van der Waals surface area contributed by atoms with E-state index in [0.29, 0.717) is 17.0 Å². The van der Waals surface area contributed by atoms with Gasteiger partial charge in [0.25, 0.3) is 0 Å². The van der Waals surface area contributed by atoms with Gasteiger partial charge in [0, 0.05) is 6.20 Å². The van der Waals surface area contributed by atoms with Gasteiger partial charge >= 0.3 is 21.1 Å². The van der Waals surface area contributed by atoms with Gasteiger partial charge in [0.05, 0.1) is 22.7 Å². The molecule has 0 fully saturated rings. The molecule has 0 N–H and O–H groups in total. The van der Waals surface area contributed by atoms with Crippen LogP contribution in [0.5, 0.6) is 0 Å². The van der Waals surface area contributed by atoms with Gasteiger partial charge in [-0.2, -0.15) is 10.8 Å². The van der Waals surface area contributed by atoms with Crippen LogP contribution < -0.4 is 0 Å². The molecular formula is C39H46N4Pt. The third kappa shape index (κ3) is 8.05. The second-order valence-electron chi connectivity index (χ2n) is 15.7. The molecule has 0 saturated heterocycles. The van der Waals surface area contributed by atoms with Crippen LogP contribution in [0.3, 0.4) is 0 Å². The monoisotopic (exact) mass is 765 g/mol. The zero-order chi connectivity index (χ0) is 32.0. The van der Waals surface area contributed by atoms with Gasteiger partial charge in [0.2, 0.25) is 0 Å². The maximum Gasteiger partial charge on any atom is 2.00 e. The second-order valence-corrected chi connectivity index (χ2v) is 15.7. The van der Waals surface area contributed by atoms with Crippen LogP contribution in [0.4, 0.5) is 0 Å². The van der Waals surface area contributed by atoms with Gasteiger partial charge in [0.1, 0.15) is 6.07 Å². The predicted molar refractivity (Wildman–Crippen MR) is 180 cm³/mol. The molecule has 44 heavy (non-hydrogen) atoms. The van der Waals surface area contributed by atoms with Crippen molar-refractivity contribution in [1.29, 1.82) is 5.26 Å². The zero-order valence-corrected chi connectivity index (χ0v) is 30.7. The fraction of sp³-hybridized carbons (Fsp3) is 0.410. The number of nitriles is 1. The van der Waals surface area contributed by atoms with Crippen LogP contribution >= 0.6 is 0 Å². The van der Waals surface area contributed by atoms with E-state index in [2.05, 4.69) is 132 Å². The number of rotatable bonds is 3. The first-order chi connectivity index (χ1) is 19.8. The number of pyridine rings is 2. The average Bonchev–Trinajstić information content (AvgIpc) is 2.91. The van der Waals surface area contributed by atoms with E-state index in [1.807, 2.05) is 24.4 Å². The molecule has 1 aliphatic heterocycles. The first-order valence-corrected chi connectivity index (χ1v) is 15.1. The van der Waals surface area contributed by atoms with E-state index in [1.165, 1.54) is 11.1 Å². The van der Waals surface area contributed by atoms with Crippen molar-refractivity contribution in [2.75, 3.05) is 0 Å². The van der Waals surface area contributed by atoms with Gasteiger partial charge < -0.3 is 5.32 Å². The van der Waals surface area contributed by atoms with Crippen LogP contribution in [-0.2, 0) is 37.3 Å². The van der Waals surface area contributed by atoms with Gasteiger partial charge in [-0.1, -0.05) is 94.7 Å². The molecule has 3 aromatic rings. The molecule has 4 nitrogen and oxygen atoms in total. The van der Waals surface area contributed by atoms with Crippen molar-refractivity contribution in [2.45, 2.75) is 99.3 Å². The van der Waals surface area contributed by atoms with E-state index in [9.17, 15) is 5.26 Å². The molecule has 0 saturated carbocycles. The summed E-state index contributed by atoms with van der Waals surface area (Å²) in [7, 11) is 0. The summed E-state index contributed by atoms with van der Waals surface area (Å²) in [5.74, 6) is 0. The quantitative estimate of drug-likeness (QED) is 0.197. The Balaban J connectivity index is 0.00000529. The molecule has 0 atom stereocenters. The largest absolute Gasteiger partial charge is 2.00 e. The van der Waals surface area contributed by atoms with Crippen molar-refractivity contribution < 1.29 is 21.1 Å². The van der Waals surface area contributed by atoms with E-state index in [4.69, 9.17) is 15.3 Å². The van der Waals surface area contributed by atoms with Crippen molar-refractivity contribution in [1.82, 2.24) is 9.97 Å². The minimum atomic E-state index is -0.164. The Morgan fingerprint density at radius 2 is 1.32 bits per heavy atom. The van der Waals surface area contributed by atoms with Crippen LogP contribution in [0, 0.1) is 22.8 Å². The van der Waals surface area contributed by atoms with Crippen molar-refractivity contribution in [2.24, 2.45) is 5.41 Å². The summed E-state index contributed by atoms with van der Waals surface area (Å²) in [6.07, 6.45) is 6.02. The summed E-state index contributed by atoms with van der Waals surface area (Å²) >= 11 is 0. The summed E-state index contributed by atoms with van der Waals surface area (Å²) in [6.45, 7) is 26.3. The van der Waals surface area contributed by atoms with Gasteiger partial charge in [-0.05, 0) is 57.1 Å². The molecule has 0 radical (unpaired) electrons. The molecule has 2 aromatic heterocycles. The molecule has 0 unspecified atom stereocenters. The number of benzene rings is 1. The molecule has 1 aliphatic rings. The van der Waals surface area contributed by atoms with E-state index in [0.717, 1.165) is 33.8 Å². The van der Waals surface area contributed by atoms with Crippen LogP contribution in [0.15, 0.2) is 72.1 Å². The van der Waals surface area contributed by atoms with Crippen LogP contribution in [0.2, 0.25) is 0 Å². The Kier molecular flexibility index (Phi) is 10.1. The fourth-order valence-corrected chi connectivity index (χ4v) is 4.82. The van der Waals surface area contributed by atoms with E-state index >= 15 is 0 Å². The van der Waals surface area contributed by atoms with Crippen molar-refractivity contribution >= 4 is 11.3 Å². The average molecular weight is 766 g/mol. The minimum Gasteiger partial charge on any atom is -0.700 e. The Bertz CT molecular complexity index is 1670. The SMILES string of the molecule is CC(C)(C)C1=C/C(=C(\C#N)c2cc(C(C)(C)C)cc(-c3cc(C(C)(C)C)ccn3)n2)[N-]C(c2[c-]ccc(C(C)(C)C)c2)=C1.[Pt+2]. The smallest absolute Gasteiger partial charge is 0.700 e. The standard InChI is InChI=1S/C39H46N4.Pt/c1-36(2,3)26-15-13-14-25(18-26)31-20-28(38(7,8)9)21-32(42-31)30(24-40)33-22-29(39(10,11)12)23-35(43-33)34-19-27(16-17-41-34)37(4,5)6;/h13,15-23H,1-12H3;/q-2;+2/b32-30-;. The molecule has 0 spiro atoms. The van der Waals surface area contributed by atoms with E-state index < -0.39 is 0 Å². The molecule has 0 aliphatic carbocycles. The number of aromatic nitrogens is 2. The number of hydrogen-bond donors (Lipinski definition) is 0. The summed E-state index contributed by atoms with van der Waals surface area (Å²) in [6, 6.07) is 20.4. The first kappa shape index (κ1) is 35.2. The Morgan fingerprint density at radius 1 is 0.727 bits per heavy atom.